The molecule has 0 aliphatic rings. The van der Waals surface area contributed by atoms with Crippen LogP contribution in [0.2, 0.25) is 0 Å². The number of aliphatic hydroxyl groups excluding tert-OH is 2. The van der Waals surface area contributed by atoms with Crippen molar-refractivity contribution in [3.63, 3.8) is 0 Å². The van der Waals surface area contributed by atoms with Crippen LogP contribution in [0.4, 0.5) is 0 Å². The van der Waals surface area contributed by atoms with Crippen molar-refractivity contribution >= 4 is 11.9 Å². The highest BCUT2D eigenvalue weighted by Gasteiger charge is 2.18. The number of rotatable bonds is 74. The van der Waals surface area contributed by atoms with Crippen LogP contribution >= 0.6 is 0 Å². The second-order valence-electron chi connectivity index (χ2n) is 27.0. The number of ether oxygens (including phenoxy) is 1. The minimum absolute atomic E-state index is 0.0119. The van der Waals surface area contributed by atoms with E-state index in [9.17, 15) is 19.8 Å². The molecule has 86 heavy (non-hydrogen) atoms. The smallest absolute Gasteiger partial charge is 0.305 e. The Morgan fingerprint density at radius 2 is 0.547 bits per heavy atom. The summed E-state index contributed by atoms with van der Waals surface area (Å²) in [5, 5.41) is 23.3. The molecule has 0 spiro atoms. The van der Waals surface area contributed by atoms with Gasteiger partial charge in [0.25, 0.3) is 0 Å². The van der Waals surface area contributed by atoms with Gasteiger partial charge in [-0.15, -0.1) is 0 Å². The number of carbonyl (C=O) groups is 2. The topological polar surface area (TPSA) is 95.9 Å². The van der Waals surface area contributed by atoms with E-state index in [4.69, 9.17) is 4.74 Å². The van der Waals surface area contributed by atoms with Gasteiger partial charge in [-0.2, -0.15) is 0 Å². The van der Waals surface area contributed by atoms with Crippen LogP contribution in [-0.2, 0) is 14.3 Å². The summed E-state index contributed by atoms with van der Waals surface area (Å²) in [4.78, 5) is 24.7. The molecule has 0 aliphatic carbocycles. The SMILES string of the molecule is CCCCCCCCC/C=C\CCCCCCCCCC(=O)OCCCCCCCCCCCCCC/C=C\CCCCCCCCCCCCC(=O)NC(CO)C(O)/C=C/CCCCCCCCCCCCCCCCCCCCCCCCC. The highest BCUT2D eigenvalue weighted by Crippen LogP contribution is 2.19. The maximum Gasteiger partial charge on any atom is 0.305 e. The van der Waals surface area contributed by atoms with Crippen LogP contribution < -0.4 is 5.32 Å². The van der Waals surface area contributed by atoms with Gasteiger partial charge in [-0.3, -0.25) is 9.59 Å². The largest absolute Gasteiger partial charge is 0.466 e. The highest BCUT2D eigenvalue weighted by molar-refractivity contribution is 5.76. The lowest BCUT2D eigenvalue weighted by Crippen LogP contribution is -2.45. The van der Waals surface area contributed by atoms with Crippen LogP contribution in [0.25, 0.3) is 0 Å². The van der Waals surface area contributed by atoms with E-state index in [0.29, 0.717) is 19.4 Å². The van der Waals surface area contributed by atoms with Gasteiger partial charge in [0.1, 0.15) is 0 Å². The predicted molar refractivity (Wildman–Crippen MR) is 379 cm³/mol. The van der Waals surface area contributed by atoms with Crippen LogP contribution in [-0.4, -0.2) is 47.4 Å². The molecule has 0 aromatic carbocycles. The fourth-order valence-corrected chi connectivity index (χ4v) is 12.4. The number of aliphatic hydroxyl groups is 2. The van der Waals surface area contributed by atoms with Crippen molar-refractivity contribution in [2.24, 2.45) is 0 Å². The fraction of sp³-hybridized carbons (Fsp3) is 0.900. The zero-order chi connectivity index (χ0) is 62.0. The summed E-state index contributed by atoms with van der Waals surface area (Å²) >= 11 is 0. The van der Waals surface area contributed by atoms with Crippen molar-refractivity contribution in [1.82, 2.24) is 5.32 Å². The molecule has 1 amide bonds. The summed E-state index contributed by atoms with van der Waals surface area (Å²) in [5.74, 6) is -0.0532. The summed E-state index contributed by atoms with van der Waals surface area (Å²) in [6.07, 6.45) is 98.2. The molecule has 0 fully saturated rings. The molecule has 6 nitrogen and oxygen atoms in total. The number of nitrogens with one attached hydrogen (secondary N) is 1. The standard InChI is InChI=1S/C80H153NO5/c1-3-5-7-9-11-13-15-17-19-21-23-24-25-28-31-34-37-40-44-48-52-56-60-64-68-72-78(83)77(76-82)81-79(84)73-69-65-61-57-53-49-45-41-38-35-32-29-26-27-30-33-36-39-43-47-51-55-59-63-67-71-75-86-80(85)74-70-66-62-58-54-50-46-42-22-20-18-16-14-12-10-8-6-4-2/h20,22,26,29,68,72,77-78,82-83H,3-19,21,23-25,27-28,30-67,69-71,73-76H2,1-2H3,(H,81,84)/b22-20-,29-26-,72-68+. The molecule has 508 valence electrons. The van der Waals surface area contributed by atoms with E-state index in [1.165, 1.54) is 366 Å². The highest BCUT2D eigenvalue weighted by atomic mass is 16.5. The zero-order valence-electron chi connectivity index (χ0n) is 58.3. The summed E-state index contributed by atoms with van der Waals surface area (Å²) < 4.78 is 5.51. The Hall–Kier alpha value is -1.92. The van der Waals surface area contributed by atoms with Gasteiger partial charge in [-0.25, -0.2) is 0 Å². The second kappa shape index (κ2) is 75.5. The monoisotopic (exact) mass is 1210 g/mol. The van der Waals surface area contributed by atoms with Gasteiger partial charge in [0.15, 0.2) is 0 Å². The number of esters is 1. The summed E-state index contributed by atoms with van der Waals surface area (Å²) in [7, 11) is 0. The van der Waals surface area contributed by atoms with Gasteiger partial charge in [-0.1, -0.05) is 378 Å². The third kappa shape index (κ3) is 71.2. The minimum Gasteiger partial charge on any atom is -0.466 e. The van der Waals surface area contributed by atoms with Gasteiger partial charge >= 0.3 is 5.97 Å². The van der Waals surface area contributed by atoms with Crippen molar-refractivity contribution in [1.29, 1.82) is 0 Å². The number of hydrogen-bond donors (Lipinski definition) is 3. The summed E-state index contributed by atoms with van der Waals surface area (Å²) in [6, 6.07) is -0.631. The molecule has 0 saturated heterocycles. The molecule has 0 rings (SSSR count). The number of unbranched alkanes of at least 4 members (excludes halogenated alkanes) is 59. The Labute approximate surface area is 538 Å². The number of allylic oxidation sites excluding steroid dienone is 5. The molecule has 0 bridgehead atoms. The van der Waals surface area contributed by atoms with E-state index < -0.39 is 12.1 Å². The van der Waals surface area contributed by atoms with Gasteiger partial charge in [-0.05, 0) is 83.5 Å². The molecule has 6 heteroatoms. The van der Waals surface area contributed by atoms with Gasteiger partial charge in [0.2, 0.25) is 5.91 Å². The van der Waals surface area contributed by atoms with Crippen LogP contribution in [0.15, 0.2) is 36.5 Å². The van der Waals surface area contributed by atoms with E-state index in [0.717, 1.165) is 44.9 Å². The second-order valence-corrected chi connectivity index (χ2v) is 27.0. The quantitative estimate of drug-likeness (QED) is 0.0320. The predicted octanol–water partition coefficient (Wildman–Crippen LogP) is 25.8. The molecular weight excluding hydrogens is 1050 g/mol. The normalized spacial score (nSPS) is 12.7. The summed E-state index contributed by atoms with van der Waals surface area (Å²) in [5.41, 5.74) is 0. The number of amides is 1. The average Bonchev–Trinajstić information content (AvgIpc) is 3.56. The van der Waals surface area contributed by atoms with E-state index >= 15 is 0 Å². The molecule has 2 unspecified atom stereocenters. The molecule has 0 saturated carbocycles. The first-order valence-electron chi connectivity index (χ1n) is 39.3. The lowest BCUT2D eigenvalue weighted by Gasteiger charge is -2.20. The molecule has 0 aromatic heterocycles. The zero-order valence-corrected chi connectivity index (χ0v) is 58.3. The molecular formula is C80H153NO5. The van der Waals surface area contributed by atoms with Crippen LogP contribution in [0, 0.1) is 0 Å². The van der Waals surface area contributed by atoms with Crippen molar-refractivity contribution in [2.45, 2.75) is 450 Å². The summed E-state index contributed by atoms with van der Waals surface area (Å²) in [6.45, 7) is 4.95. The van der Waals surface area contributed by atoms with Gasteiger partial charge in [0, 0.05) is 12.8 Å². The lowest BCUT2D eigenvalue weighted by molar-refractivity contribution is -0.143. The molecule has 0 aliphatic heterocycles. The first kappa shape index (κ1) is 84.1. The maximum absolute atomic E-state index is 12.6. The maximum atomic E-state index is 12.6. The van der Waals surface area contributed by atoms with E-state index in [1.807, 2.05) is 6.08 Å². The first-order chi connectivity index (χ1) is 42.5. The van der Waals surface area contributed by atoms with Gasteiger partial charge < -0.3 is 20.3 Å². The molecule has 0 aromatic rings. The number of hydrogen-bond acceptors (Lipinski definition) is 5. The Morgan fingerprint density at radius 1 is 0.314 bits per heavy atom. The van der Waals surface area contributed by atoms with Crippen molar-refractivity contribution in [3.8, 4) is 0 Å². The van der Waals surface area contributed by atoms with E-state index in [-0.39, 0.29) is 18.5 Å². The van der Waals surface area contributed by atoms with Crippen molar-refractivity contribution in [3.05, 3.63) is 36.5 Å². The van der Waals surface area contributed by atoms with E-state index in [2.05, 4.69) is 43.5 Å². The molecule has 0 heterocycles. The third-order valence-corrected chi connectivity index (χ3v) is 18.4. The van der Waals surface area contributed by atoms with Crippen LogP contribution in [0.3, 0.4) is 0 Å². The third-order valence-electron chi connectivity index (χ3n) is 18.4. The molecule has 3 N–H and O–H groups in total. The Balaban J connectivity index is 3.41. The average molecular weight is 1210 g/mol. The first-order valence-corrected chi connectivity index (χ1v) is 39.3. The minimum atomic E-state index is -0.848. The lowest BCUT2D eigenvalue weighted by atomic mass is 10.0. The van der Waals surface area contributed by atoms with Crippen LogP contribution in [0.1, 0.15) is 438 Å². The van der Waals surface area contributed by atoms with Crippen molar-refractivity contribution in [2.75, 3.05) is 13.2 Å². The Kier molecular flexibility index (Phi) is 73.9. The van der Waals surface area contributed by atoms with Crippen molar-refractivity contribution < 1.29 is 24.5 Å². The number of carbonyl (C=O) groups excluding carboxylic acids is 2. The van der Waals surface area contributed by atoms with E-state index in [1.54, 1.807) is 6.08 Å². The molecule has 0 radical (unpaired) electrons. The fourth-order valence-electron chi connectivity index (χ4n) is 12.4. The van der Waals surface area contributed by atoms with Gasteiger partial charge in [0.05, 0.1) is 25.4 Å². The Bertz CT molecular complexity index is 1390. The Morgan fingerprint density at radius 3 is 0.826 bits per heavy atom. The van der Waals surface area contributed by atoms with Crippen LogP contribution in [0.5, 0.6) is 0 Å². The molecule has 2 atom stereocenters.